The summed E-state index contributed by atoms with van der Waals surface area (Å²) >= 11 is 0. The number of rotatable bonds is 6. The fourth-order valence-electron chi connectivity index (χ4n) is 0.966. The van der Waals surface area contributed by atoms with Crippen LogP contribution >= 0.6 is 0 Å². The van der Waals surface area contributed by atoms with Crippen molar-refractivity contribution in [1.82, 2.24) is 4.98 Å². The number of anilines is 1. The third-order valence-electron chi connectivity index (χ3n) is 1.74. The van der Waals surface area contributed by atoms with E-state index in [2.05, 4.69) is 4.98 Å². The molecule has 1 aromatic rings. The van der Waals surface area contributed by atoms with Crippen molar-refractivity contribution in [3.63, 3.8) is 0 Å². The highest BCUT2D eigenvalue weighted by Gasteiger charge is 2.14. The van der Waals surface area contributed by atoms with Crippen LogP contribution in [0.4, 0.5) is 14.5 Å². The van der Waals surface area contributed by atoms with Crippen LogP contribution in [0.3, 0.4) is 0 Å². The van der Waals surface area contributed by atoms with Gasteiger partial charge in [0.1, 0.15) is 6.61 Å². The van der Waals surface area contributed by atoms with Gasteiger partial charge < -0.3 is 14.8 Å². The van der Waals surface area contributed by atoms with Gasteiger partial charge in [-0.3, -0.25) is 4.79 Å². The van der Waals surface area contributed by atoms with Crippen LogP contribution in [0, 0.1) is 0 Å². The second-order valence-corrected chi connectivity index (χ2v) is 3.02. The second-order valence-electron chi connectivity index (χ2n) is 3.02. The number of halogens is 2. The van der Waals surface area contributed by atoms with E-state index in [0.29, 0.717) is 19.1 Å². The topological polar surface area (TPSA) is 60.5 Å². The third-order valence-corrected chi connectivity index (χ3v) is 1.74. The number of carbonyl (C=O) groups is 1. The zero-order valence-electron chi connectivity index (χ0n) is 9.15. The summed E-state index contributed by atoms with van der Waals surface area (Å²) in [6.07, 6.45) is -1.81. The average molecular weight is 246 g/mol. The molecule has 0 aliphatic rings. The summed E-state index contributed by atoms with van der Waals surface area (Å²) < 4.78 is 33.8. The number of pyridine rings is 1. The van der Waals surface area contributed by atoms with Crippen molar-refractivity contribution in [2.24, 2.45) is 0 Å². The van der Waals surface area contributed by atoms with Gasteiger partial charge in [-0.25, -0.2) is 4.98 Å². The van der Waals surface area contributed by atoms with Crippen LogP contribution in [0.5, 0.6) is 5.88 Å². The molecule has 0 saturated carbocycles. The number of methoxy groups -OCH3 is 1. The smallest absolute Gasteiger partial charge is 0.315 e. The highest BCUT2D eigenvalue weighted by atomic mass is 19.3. The van der Waals surface area contributed by atoms with E-state index in [4.69, 9.17) is 9.47 Å². The van der Waals surface area contributed by atoms with Gasteiger partial charge in [-0.2, -0.15) is 8.78 Å². The van der Waals surface area contributed by atoms with Crippen LogP contribution in [0.1, 0.15) is 0 Å². The Morgan fingerprint density at radius 1 is 1.47 bits per heavy atom. The van der Waals surface area contributed by atoms with Crippen molar-refractivity contribution in [2.75, 3.05) is 25.6 Å². The van der Waals surface area contributed by atoms with E-state index in [1.165, 1.54) is 18.3 Å². The first-order chi connectivity index (χ1) is 8.13. The van der Waals surface area contributed by atoms with E-state index in [9.17, 15) is 13.6 Å². The molecule has 0 atom stereocenters. The maximum absolute atomic E-state index is 11.9. The molecule has 17 heavy (non-hydrogen) atoms. The van der Waals surface area contributed by atoms with E-state index in [-0.39, 0.29) is 5.69 Å². The minimum Gasteiger partial charge on any atom is -0.475 e. The van der Waals surface area contributed by atoms with Gasteiger partial charge in [0.25, 0.3) is 5.91 Å². The summed E-state index contributed by atoms with van der Waals surface area (Å²) in [7, 11) is 1.54. The monoisotopic (exact) mass is 246 g/mol. The van der Waals surface area contributed by atoms with Crippen LogP contribution in [0.25, 0.3) is 0 Å². The van der Waals surface area contributed by atoms with Gasteiger partial charge in [0.15, 0.2) is 0 Å². The van der Waals surface area contributed by atoms with Gasteiger partial charge in [-0.15, -0.1) is 0 Å². The van der Waals surface area contributed by atoms with Crippen molar-refractivity contribution >= 4 is 11.6 Å². The van der Waals surface area contributed by atoms with Crippen molar-refractivity contribution in [3.8, 4) is 5.88 Å². The molecule has 1 aromatic heterocycles. The second kappa shape index (κ2) is 6.74. The van der Waals surface area contributed by atoms with Crippen molar-refractivity contribution in [1.29, 1.82) is 0 Å². The normalized spacial score (nSPS) is 10.4. The van der Waals surface area contributed by atoms with Crippen molar-refractivity contribution in [2.45, 2.75) is 6.43 Å². The predicted octanol–water partition coefficient (Wildman–Crippen LogP) is 1.31. The lowest BCUT2D eigenvalue weighted by Crippen LogP contribution is -2.20. The molecule has 1 N–H and O–H groups in total. The lowest BCUT2D eigenvalue weighted by Gasteiger charge is -2.06. The first-order valence-corrected chi connectivity index (χ1v) is 4.80. The van der Waals surface area contributed by atoms with Gasteiger partial charge >= 0.3 is 6.43 Å². The van der Waals surface area contributed by atoms with E-state index in [1.54, 1.807) is 7.11 Å². The summed E-state index contributed by atoms with van der Waals surface area (Å²) in [6.45, 7) is 0.762. The number of aromatic nitrogens is 1. The molecule has 0 bridgehead atoms. The highest BCUT2D eigenvalue weighted by Crippen LogP contribution is 2.12. The minimum absolute atomic E-state index is 0.189. The van der Waals surface area contributed by atoms with E-state index in [0.717, 1.165) is 0 Å². The van der Waals surface area contributed by atoms with Crippen LogP contribution in [-0.2, 0) is 9.53 Å². The number of nitrogens with one attached hydrogen (secondary N) is 1. The lowest BCUT2D eigenvalue weighted by atomic mass is 10.4. The Hall–Kier alpha value is -1.76. The van der Waals surface area contributed by atoms with Crippen LogP contribution < -0.4 is 10.1 Å². The summed E-state index contributed by atoms with van der Waals surface area (Å²) in [5, 5.41) is 2.00. The zero-order chi connectivity index (χ0) is 12.7. The van der Waals surface area contributed by atoms with E-state index in [1.807, 2.05) is 5.32 Å². The molecule has 0 aromatic carbocycles. The standard InChI is InChI=1S/C10H12F2N2O3/c1-16-4-5-17-8-3-2-7(6-13-8)14-10(15)9(11)12/h2-3,6,9H,4-5H2,1H3,(H,14,15). The summed E-state index contributed by atoms with van der Waals surface area (Å²) in [5.74, 6) is -1.03. The molecule has 1 rings (SSSR count). The molecule has 0 spiro atoms. The Labute approximate surface area is 96.7 Å². The number of carbonyl (C=O) groups excluding carboxylic acids is 1. The zero-order valence-corrected chi connectivity index (χ0v) is 9.15. The lowest BCUT2D eigenvalue weighted by molar-refractivity contribution is -0.126. The highest BCUT2D eigenvalue weighted by molar-refractivity contribution is 5.92. The molecule has 0 aliphatic carbocycles. The average Bonchev–Trinajstić information content (AvgIpc) is 2.31. The third kappa shape index (κ3) is 4.73. The molecule has 1 amide bonds. The van der Waals surface area contributed by atoms with E-state index >= 15 is 0 Å². The quantitative estimate of drug-likeness (QED) is 0.769. The summed E-state index contributed by atoms with van der Waals surface area (Å²) in [5.41, 5.74) is 0.189. The maximum Gasteiger partial charge on any atom is 0.315 e. The Balaban J connectivity index is 2.47. The molecule has 7 heteroatoms. The fourth-order valence-corrected chi connectivity index (χ4v) is 0.966. The Morgan fingerprint density at radius 3 is 2.76 bits per heavy atom. The number of amides is 1. The van der Waals surface area contributed by atoms with Crippen molar-refractivity contribution in [3.05, 3.63) is 18.3 Å². The Bertz CT molecular complexity index is 357. The van der Waals surface area contributed by atoms with Crippen LogP contribution in [0.2, 0.25) is 0 Å². The van der Waals surface area contributed by atoms with Crippen LogP contribution in [-0.4, -0.2) is 37.6 Å². The number of ether oxygens (including phenoxy) is 2. The molecule has 94 valence electrons. The molecule has 0 unspecified atom stereocenters. The molecular formula is C10H12F2N2O3. The minimum atomic E-state index is -3.05. The Morgan fingerprint density at radius 2 is 2.24 bits per heavy atom. The maximum atomic E-state index is 11.9. The van der Waals surface area contributed by atoms with Gasteiger partial charge in [0.05, 0.1) is 18.5 Å². The predicted molar refractivity (Wildman–Crippen MR) is 56.2 cm³/mol. The largest absolute Gasteiger partial charge is 0.475 e. The summed E-state index contributed by atoms with van der Waals surface area (Å²) in [6, 6.07) is 2.89. The SMILES string of the molecule is COCCOc1ccc(NC(=O)C(F)F)cn1. The summed E-state index contributed by atoms with van der Waals surface area (Å²) in [4.78, 5) is 14.5. The number of hydrogen-bond donors (Lipinski definition) is 1. The molecule has 0 saturated heterocycles. The first-order valence-electron chi connectivity index (χ1n) is 4.80. The first kappa shape index (κ1) is 13.3. The fraction of sp³-hybridized carbons (Fsp3) is 0.400. The molecule has 5 nitrogen and oxygen atoms in total. The number of hydrogen-bond acceptors (Lipinski definition) is 4. The number of nitrogens with zero attached hydrogens (tertiary/aromatic N) is 1. The van der Waals surface area contributed by atoms with Gasteiger partial charge in [0.2, 0.25) is 5.88 Å². The van der Waals surface area contributed by atoms with Gasteiger partial charge in [-0.1, -0.05) is 0 Å². The molecular weight excluding hydrogens is 234 g/mol. The van der Waals surface area contributed by atoms with Gasteiger partial charge in [-0.05, 0) is 6.07 Å². The number of alkyl halides is 2. The van der Waals surface area contributed by atoms with Crippen LogP contribution in [0.15, 0.2) is 18.3 Å². The Kier molecular flexibility index (Phi) is 5.28. The van der Waals surface area contributed by atoms with Crippen molar-refractivity contribution < 1.29 is 23.0 Å². The van der Waals surface area contributed by atoms with Gasteiger partial charge in [0, 0.05) is 13.2 Å². The molecule has 0 fully saturated rings. The van der Waals surface area contributed by atoms with E-state index < -0.39 is 12.3 Å². The molecule has 1 heterocycles. The molecule has 0 radical (unpaired) electrons. The molecule has 0 aliphatic heterocycles.